The van der Waals surface area contributed by atoms with Gasteiger partial charge >= 0.3 is 0 Å². The Labute approximate surface area is 168 Å². The Morgan fingerprint density at radius 3 is 2.64 bits per heavy atom. The second-order valence-corrected chi connectivity index (χ2v) is 8.92. The first kappa shape index (κ1) is 18.9. The van der Waals surface area contributed by atoms with Crippen molar-refractivity contribution in [3.63, 3.8) is 0 Å². The van der Waals surface area contributed by atoms with Crippen molar-refractivity contribution in [2.45, 2.75) is 26.3 Å². The maximum absolute atomic E-state index is 13.3. The van der Waals surface area contributed by atoms with Crippen molar-refractivity contribution in [1.29, 1.82) is 0 Å². The minimum atomic E-state index is -0.856. The molecule has 4 rings (SSSR count). The second kappa shape index (κ2) is 7.20. The van der Waals surface area contributed by atoms with E-state index < -0.39 is 5.54 Å². The number of para-hydroxylation sites is 1. The monoisotopic (exact) mass is 396 g/mol. The van der Waals surface area contributed by atoms with Crippen molar-refractivity contribution >= 4 is 40.3 Å². The average molecular weight is 397 g/mol. The van der Waals surface area contributed by atoms with Crippen LogP contribution in [0.5, 0.6) is 0 Å². The van der Waals surface area contributed by atoms with Crippen molar-refractivity contribution in [3.8, 4) is 0 Å². The lowest BCUT2D eigenvalue weighted by Gasteiger charge is -2.27. The topological polar surface area (TPSA) is 74.7 Å². The lowest BCUT2D eigenvalue weighted by atomic mass is 9.89. The van der Waals surface area contributed by atoms with Crippen molar-refractivity contribution in [2.75, 3.05) is 24.6 Å². The number of rotatable bonds is 3. The number of pyridine rings is 1. The summed E-state index contributed by atoms with van der Waals surface area (Å²) in [5, 5.41) is 3.78. The van der Waals surface area contributed by atoms with Gasteiger partial charge in [-0.3, -0.25) is 9.59 Å². The van der Waals surface area contributed by atoms with Crippen LogP contribution in [0.15, 0.2) is 35.3 Å². The van der Waals surface area contributed by atoms with Gasteiger partial charge in [-0.1, -0.05) is 32.0 Å². The molecule has 2 aromatic rings. The molecule has 6 nitrogen and oxygen atoms in total. The number of fused-ring (bicyclic) bond motifs is 1. The number of nitrogens with zero attached hydrogens (tertiary/aromatic N) is 3. The summed E-state index contributed by atoms with van der Waals surface area (Å²) in [6, 6.07) is 9.57. The Morgan fingerprint density at radius 1 is 1.25 bits per heavy atom. The number of benzene rings is 1. The largest absolute Gasteiger partial charge is 0.337 e. The summed E-state index contributed by atoms with van der Waals surface area (Å²) in [5.74, 6) is 2.09. The molecule has 7 heteroatoms. The smallest absolute Gasteiger partial charge is 0.256 e. The predicted molar refractivity (Wildman–Crippen MR) is 113 cm³/mol. The van der Waals surface area contributed by atoms with Crippen LogP contribution in [0.25, 0.3) is 10.9 Å². The van der Waals surface area contributed by atoms with E-state index in [1.165, 1.54) is 0 Å². The summed E-state index contributed by atoms with van der Waals surface area (Å²) >= 11 is 1.86. The number of hydrogen-bond donors (Lipinski definition) is 1. The molecule has 1 aromatic carbocycles. The predicted octanol–water partition coefficient (Wildman–Crippen LogP) is 2.71. The molecule has 2 amide bonds. The molecule has 146 valence electrons. The highest BCUT2D eigenvalue weighted by atomic mass is 32.2. The van der Waals surface area contributed by atoms with Gasteiger partial charge in [-0.05, 0) is 25.0 Å². The van der Waals surface area contributed by atoms with Crippen LogP contribution in [0, 0.1) is 5.92 Å². The van der Waals surface area contributed by atoms with Crippen molar-refractivity contribution < 1.29 is 9.59 Å². The van der Waals surface area contributed by atoms with Crippen LogP contribution >= 0.6 is 11.8 Å². The third-order valence-corrected chi connectivity index (χ3v) is 6.58. The summed E-state index contributed by atoms with van der Waals surface area (Å²) in [4.78, 5) is 37.2. The Kier molecular flexibility index (Phi) is 4.87. The second-order valence-electron chi connectivity index (χ2n) is 7.70. The molecule has 0 saturated carbocycles. The van der Waals surface area contributed by atoms with Crippen LogP contribution in [0.1, 0.15) is 36.8 Å². The number of thioether (sulfide) groups is 1. The number of carbonyl (C=O) groups excluding carboxylic acids is 2. The number of amides is 2. The van der Waals surface area contributed by atoms with Crippen molar-refractivity contribution in [3.05, 3.63) is 41.6 Å². The van der Waals surface area contributed by atoms with Crippen LogP contribution in [0.2, 0.25) is 0 Å². The van der Waals surface area contributed by atoms with Gasteiger partial charge in [0, 0.05) is 30.0 Å². The SMILES string of the molecule is CC(C)[C@]1(C)N=C(c2nc3ccccc3cc2C(=O)N2CCSCC2)NC1=O. The highest BCUT2D eigenvalue weighted by molar-refractivity contribution is 7.99. The van der Waals surface area contributed by atoms with Crippen LogP contribution in [-0.4, -0.2) is 57.7 Å². The van der Waals surface area contributed by atoms with Gasteiger partial charge in [0.05, 0.1) is 11.1 Å². The van der Waals surface area contributed by atoms with Crippen molar-refractivity contribution in [2.24, 2.45) is 10.9 Å². The van der Waals surface area contributed by atoms with Gasteiger partial charge in [0.1, 0.15) is 11.2 Å². The zero-order valence-electron chi connectivity index (χ0n) is 16.4. The van der Waals surface area contributed by atoms with Gasteiger partial charge in [-0.25, -0.2) is 9.98 Å². The minimum absolute atomic E-state index is 0.0312. The Balaban J connectivity index is 1.85. The Bertz CT molecular complexity index is 982. The molecule has 1 aromatic heterocycles. The fourth-order valence-corrected chi connectivity index (χ4v) is 4.35. The van der Waals surface area contributed by atoms with E-state index in [9.17, 15) is 9.59 Å². The van der Waals surface area contributed by atoms with Gasteiger partial charge < -0.3 is 10.2 Å². The highest BCUT2D eigenvalue weighted by Crippen LogP contribution is 2.28. The maximum Gasteiger partial charge on any atom is 0.256 e. The molecule has 28 heavy (non-hydrogen) atoms. The summed E-state index contributed by atoms with van der Waals surface area (Å²) in [6.07, 6.45) is 0. The first-order chi connectivity index (χ1) is 13.4. The van der Waals surface area contributed by atoms with E-state index in [2.05, 4.69) is 10.3 Å². The number of hydrogen-bond acceptors (Lipinski definition) is 5. The number of nitrogens with one attached hydrogen (secondary N) is 1. The van der Waals surface area contributed by atoms with Gasteiger partial charge in [0.25, 0.3) is 11.8 Å². The first-order valence-electron chi connectivity index (χ1n) is 9.58. The minimum Gasteiger partial charge on any atom is -0.337 e. The van der Waals surface area contributed by atoms with E-state index in [-0.39, 0.29) is 17.7 Å². The quantitative estimate of drug-likeness (QED) is 0.866. The van der Waals surface area contributed by atoms with Gasteiger partial charge in [-0.15, -0.1) is 0 Å². The fraction of sp³-hybridized carbons (Fsp3) is 0.429. The molecule has 1 saturated heterocycles. The van der Waals surface area contributed by atoms with E-state index in [4.69, 9.17) is 4.98 Å². The molecule has 3 heterocycles. The van der Waals surface area contributed by atoms with Crippen LogP contribution < -0.4 is 5.32 Å². The number of amidine groups is 1. The van der Waals surface area contributed by atoms with Gasteiger partial charge in [-0.2, -0.15) is 11.8 Å². The number of aliphatic imine (C=N–C) groups is 1. The highest BCUT2D eigenvalue weighted by Gasteiger charge is 2.43. The van der Waals surface area contributed by atoms with Crippen LogP contribution in [0.4, 0.5) is 0 Å². The van der Waals surface area contributed by atoms with Crippen molar-refractivity contribution in [1.82, 2.24) is 15.2 Å². The Morgan fingerprint density at radius 2 is 1.96 bits per heavy atom. The number of carbonyl (C=O) groups is 2. The van der Waals surface area contributed by atoms with E-state index >= 15 is 0 Å². The molecule has 0 bridgehead atoms. The normalized spacial score (nSPS) is 22.5. The molecule has 0 aliphatic carbocycles. The molecule has 1 N–H and O–H groups in total. The van der Waals surface area contributed by atoms with Gasteiger partial charge in [0.15, 0.2) is 5.84 Å². The summed E-state index contributed by atoms with van der Waals surface area (Å²) in [6.45, 7) is 7.20. The Hall–Kier alpha value is -2.41. The molecule has 0 unspecified atom stereocenters. The lowest BCUT2D eigenvalue weighted by Crippen LogP contribution is -2.42. The van der Waals surface area contributed by atoms with Crippen LogP contribution in [-0.2, 0) is 4.79 Å². The van der Waals surface area contributed by atoms with Gasteiger partial charge in [0.2, 0.25) is 0 Å². The van der Waals surface area contributed by atoms with E-state index in [1.807, 2.05) is 67.8 Å². The molecule has 1 fully saturated rings. The van der Waals surface area contributed by atoms with E-state index in [0.29, 0.717) is 17.1 Å². The molecule has 1 atom stereocenters. The lowest BCUT2D eigenvalue weighted by molar-refractivity contribution is -0.124. The third kappa shape index (κ3) is 3.17. The molecular formula is C21H24N4O2S. The summed E-state index contributed by atoms with van der Waals surface area (Å²) in [5.41, 5.74) is 0.876. The molecule has 0 radical (unpaired) electrons. The third-order valence-electron chi connectivity index (χ3n) is 5.64. The van der Waals surface area contributed by atoms with Crippen LogP contribution in [0.3, 0.4) is 0 Å². The average Bonchev–Trinajstić information content (AvgIpc) is 3.03. The molecule has 2 aliphatic rings. The molecular weight excluding hydrogens is 372 g/mol. The molecule has 0 spiro atoms. The summed E-state index contributed by atoms with van der Waals surface area (Å²) in [7, 11) is 0. The fourth-order valence-electron chi connectivity index (χ4n) is 3.44. The molecule has 2 aliphatic heterocycles. The maximum atomic E-state index is 13.3. The van der Waals surface area contributed by atoms with E-state index in [0.717, 1.165) is 35.5 Å². The number of aromatic nitrogens is 1. The van der Waals surface area contributed by atoms with E-state index in [1.54, 1.807) is 0 Å². The first-order valence-corrected chi connectivity index (χ1v) is 10.7. The summed E-state index contributed by atoms with van der Waals surface area (Å²) < 4.78 is 0. The zero-order chi connectivity index (χ0) is 19.9. The standard InChI is InChI=1S/C21H24N4O2S/c1-13(2)21(3)20(27)23-18(24-21)17-15(19(26)25-8-10-28-11-9-25)12-14-6-4-5-7-16(14)22-17/h4-7,12-13H,8-11H2,1-3H3,(H,23,24,27)/t21-/m0/s1. The zero-order valence-corrected chi connectivity index (χ0v) is 17.2.